The lowest BCUT2D eigenvalue weighted by atomic mass is 9.94. The number of amides is 1. The molecule has 8 heteroatoms. The third kappa shape index (κ3) is 3.44. The van der Waals surface area contributed by atoms with Crippen LogP contribution in [-0.4, -0.2) is 32.3 Å². The fourth-order valence-corrected chi connectivity index (χ4v) is 4.48. The van der Waals surface area contributed by atoms with E-state index in [9.17, 15) is 17.6 Å². The first-order valence-electron chi connectivity index (χ1n) is 7.05. The number of nitrogens with zero attached hydrogens (tertiary/aromatic N) is 1. The van der Waals surface area contributed by atoms with Gasteiger partial charge in [0.15, 0.2) is 0 Å². The molecule has 0 aliphatic carbocycles. The van der Waals surface area contributed by atoms with Gasteiger partial charge in [-0.05, 0) is 35.6 Å². The van der Waals surface area contributed by atoms with Crippen molar-refractivity contribution >= 4 is 27.3 Å². The van der Waals surface area contributed by atoms with Gasteiger partial charge in [-0.25, -0.2) is 17.5 Å². The summed E-state index contributed by atoms with van der Waals surface area (Å²) in [6, 6.07) is 9.02. The largest absolute Gasteiger partial charge is 0.334 e. The number of hydrogen-bond acceptors (Lipinski definition) is 4. The van der Waals surface area contributed by atoms with Crippen molar-refractivity contribution in [2.45, 2.75) is 16.7 Å². The summed E-state index contributed by atoms with van der Waals surface area (Å²) < 4.78 is 39.5. The minimum Gasteiger partial charge on any atom is -0.334 e. The second kappa shape index (κ2) is 6.38. The van der Waals surface area contributed by atoms with E-state index >= 15 is 0 Å². The Hall–Kier alpha value is -1.77. The lowest BCUT2D eigenvalue weighted by Gasteiger charge is -2.41. The van der Waals surface area contributed by atoms with Gasteiger partial charge in [0.05, 0.1) is 12.6 Å². The molecule has 1 N–H and O–H groups in total. The van der Waals surface area contributed by atoms with Crippen molar-refractivity contribution < 1.29 is 17.6 Å². The molecule has 0 unspecified atom stereocenters. The molecule has 1 amide bonds. The van der Waals surface area contributed by atoms with Crippen LogP contribution in [-0.2, 0) is 14.8 Å². The summed E-state index contributed by atoms with van der Waals surface area (Å²) in [5.41, 5.74) is 0.854. The topological polar surface area (TPSA) is 66.5 Å². The molecule has 1 saturated heterocycles. The van der Waals surface area contributed by atoms with Gasteiger partial charge in [0, 0.05) is 6.54 Å². The standard InChI is InChI=1S/C15H15FN2O3S2/c16-12-5-3-11(4-6-12)13-7-8-18(13)14(19)10-17-23(20,21)15-2-1-9-22-15/h1-6,9,13,17H,7-8,10H2/t13-/m1/s1. The zero-order chi connectivity index (χ0) is 16.4. The van der Waals surface area contributed by atoms with Crippen LogP contribution < -0.4 is 4.72 Å². The van der Waals surface area contributed by atoms with Crippen molar-refractivity contribution in [2.24, 2.45) is 0 Å². The van der Waals surface area contributed by atoms with E-state index in [1.54, 1.807) is 28.5 Å². The van der Waals surface area contributed by atoms with Crippen molar-refractivity contribution in [1.29, 1.82) is 0 Å². The summed E-state index contributed by atoms with van der Waals surface area (Å²) in [5, 5.41) is 1.66. The van der Waals surface area contributed by atoms with E-state index in [1.807, 2.05) is 0 Å². The van der Waals surface area contributed by atoms with E-state index in [1.165, 1.54) is 18.2 Å². The summed E-state index contributed by atoms with van der Waals surface area (Å²) >= 11 is 1.10. The molecule has 2 aromatic rings. The van der Waals surface area contributed by atoms with Gasteiger partial charge in [0.25, 0.3) is 10.0 Å². The van der Waals surface area contributed by atoms with E-state index in [2.05, 4.69) is 4.72 Å². The zero-order valence-electron chi connectivity index (χ0n) is 12.1. The van der Waals surface area contributed by atoms with Crippen molar-refractivity contribution in [3.63, 3.8) is 0 Å². The zero-order valence-corrected chi connectivity index (χ0v) is 13.7. The monoisotopic (exact) mass is 354 g/mol. The minimum absolute atomic E-state index is 0.116. The number of halogens is 1. The molecule has 2 heterocycles. The van der Waals surface area contributed by atoms with E-state index in [0.29, 0.717) is 6.54 Å². The van der Waals surface area contributed by atoms with Crippen molar-refractivity contribution in [1.82, 2.24) is 9.62 Å². The number of nitrogens with one attached hydrogen (secondary N) is 1. The van der Waals surface area contributed by atoms with Gasteiger partial charge in [-0.2, -0.15) is 0 Å². The lowest BCUT2D eigenvalue weighted by Crippen LogP contribution is -2.49. The van der Waals surface area contributed by atoms with Gasteiger partial charge in [-0.1, -0.05) is 18.2 Å². The van der Waals surface area contributed by atoms with Crippen LogP contribution in [0.15, 0.2) is 46.0 Å². The Balaban J connectivity index is 1.62. The SMILES string of the molecule is O=C(CNS(=O)(=O)c1cccs1)N1CC[C@@H]1c1ccc(F)cc1. The Kier molecular flexibility index (Phi) is 4.47. The molecule has 5 nitrogen and oxygen atoms in total. The van der Waals surface area contributed by atoms with Gasteiger partial charge < -0.3 is 4.90 Å². The Labute approximate surface area is 137 Å². The average Bonchev–Trinajstić information content (AvgIpc) is 3.02. The maximum absolute atomic E-state index is 13.0. The predicted octanol–water partition coefficient (Wildman–Crippen LogP) is 2.14. The summed E-state index contributed by atoms with van der Waals surface area (Å²) in [6.07, 6.45) is 0.787. The maximum Gasteiger partial charge on any atom is 0.250 e. The second-order valence-electron chi connectivity index (χ2n) is 5.20. The fourth-order valence-electron chi connectivity index (χ4n) is 2.46. The van der Waals surface area contributed by atoms with Crippen LogP contribution in [0.2, 0.25) is 0 Å². The smallest absolute Gasteiger partial charge is 0.250 e. The van der Waals surface area contributed by atoms with Crippen molar-refractivity contribution in [3.8, 4) is 0 Å². The molecule has 1 aliphatic rings. The highest BCUT2D eigenvalue weighted by Gasteiger charge is 2.33. The molecule has 0 spiro atoms. The number of benzene rings is 1. The number of likely N-dealkylation sites (tertiary alicyclic amines) is 1. The number of thiophene rings is 1. The third-order valence-corrected chi connectivity index (χ3v) is 6.57. The third-order valence-electron chi connectivity index (χ3n) is 3.77. The number of sulfonamides is 1. The molecular formula is C15H15FN2O3S2. The van der Waals surface area contributed by atoms with Gasteiger partial charge in [-0.15, -0.1) is 11.3 Å². The van der Waals surface area contributed by atoms with Crippen LogP contribution >= 0.6 is 11.3 Å². The summed E-state index contributed by atoms with van der Waals surface area (Å²) in [5.74, 6) is -0.611. The van der Waals surface area contributed by atoms with Crippen molar-refractivity contribution in [3.05, 3.63) is 53.2 Å². The van der Waals surface area contributed by atoms with E-state index in [0.717, 1.165) is 23.3 Å². The first kappa shape index (κ1) is 16.1. The van der Waals surface area contributed by atoms with Crippen LogP contribution in [0.4, 0.5) is 4.39 Å². The number of rotatable bonds is 5. The quantitative estimate of drug-likeness (QED) is 0.895. The molecule has 0 bridgehead atoms. The highest BCUT2D eigenvalue weighted by atomic mass is 32.2. The van der Waals surface area contributed by atoms with Crippen LogP contribution in [0.5, 0.6) is 0 Å². The molecule has 1 aromatic heterocycles. The Morgan fingerprint density at radius 3 is 2.61 bits per heavy atom. The van der Waals surface area contributed by atoms with Crippen LogP contribution in [0.25, 0.3) is 0 Å². The van der Waals surface area contributed by atoms with Crippen LogP contribution in [0.1, 0.15) is 18.0 Å². The summed E-state index contributed by atoms with van der Waals surface area (Å²) in [4.78, 5) is 13.8. The molecule has 1 aliphatic heterocycles. The van der Waals surface area contributed by atoms with E-state index in [4.69, 9.17) is 0 Å². The van der Waals surface area contributed by atoms with Crippen LogP contribution in [0.3, 0.4) is 0 Å². The summed E-state index contributed by atoms with van der Waals surface area (Å²) in [7, 11) is -3.65. The highest BCUT2D eigenvalue weighted by molar-refractivity contribution is 7.91. The average molecular weight is 354 g/mol. The molecule has 1 atom stereocenters. The number of carbonyl (C=O) groups is 1. The van der Waals surface area contributed by atoms with Gasteiger partial charge >= 0.3 is 0 Å². The summed E-state index contributed by atoms with van der Waals surface area (Å²) in [6.45, 7) is 0.291. The number of carbonyl (C=O) groups excluding carboxylic acids is 1. The molecule has 1 aromatic carbocycles. The molecule has 1 fully saturated rings. The van der Waals surface area contributed by atoms with Crippen LogP contribution in [0, 0.1) is 5.82 Å². The number of hydrogen-bond donors (Lipinski definition) is 1. The highest BCUT2D eigenvalue weighted by Crippen LogP contribution is 2.33. The van der Waals surface area contributed by atoms with Gasteiger partial charge in [-0.3, -0.25) is 4.79 Å². The minimum atomic E-state index is -3.65. The Morgan fingerprint density at radius 1 is 1.30 bits per heavy atom. The van der Waals surface area contributed by atoms with Crippen molar-refractivity contribution in [2.75, 3.05) is 13.1 Å². The van der Waals surface area contributed by atoms with E-state index < -0.39 is 10.0 Å². The first-order valence-corrected chi connectivity index (χ1v) is 9.42. The predicted molar refractivity (Wildman–Crippen MR) is 85.0 cm³/mol. The Morgan fingerprint density at radius 2 is 2.04 bits per heavy atom. The Bertz CT molecular complexity index is 789. The first-order chi connectivity index (χ1) is 11.0. The molecule has 0 saturated carbocycles. The molecular weight excluding hydrogens is 339 g/mol. The molecule has 0 radical (unpaired) electrons. The fraction of sp³-hybridized carbons (Fsp3) is 0.267. The van der Waals surface area contributed by atoms with E-state index in [-0.39, 0.29) is 28.5 Å². The molecule has 122 valence electrons. The maximum atomic E-state index is 13.0. The van der Waals surface area contributed by atoms with Gasteiger partial charge in [0.1, 0.15) is 10.0 Å². The second-order valence-corrected chi connectivity index (χ2v) is 8.14. The molecule has 23 heavy (non-hydrogen) atoms. The lowest BCUT2D eigenvalue weighted by molar-refractivity contribution is -0.137. The normalized spacial score (nSPS) is 17.8. The van der Waals surface area contributed by atoms with Gasteiger partial charge in [0.2, 0.25) is 5.91 Å². The molecule has 3 rings (SSSR count).